The van der Waals surface area contributed by atoms with Crippen LogP contribution >= 0.6 is 0 Å². The summed E-state index contributed by atoms with van der Waals surface area (Å²) in [5, 5.41) is 0. The summed E-state index contributed by atoms with van der Waals surface area (Å²) in [4.78, 5) is 13.0. The fraction of sp³-hybridized carbons (Fsp3) is 0.643. The normalized spacial score (nSPS) is 18.8. The summed E-state index contributed by atoms with van der Waals surface area (Å²) in [5.41, 5.74) is 7.07. The van der Waals surface area contributed by atoms with Gasteiger partial charge in [-0.15, -0.1) is 0 Å². The lowest BCUT2D eigenvalue weighted by Gasteiger charge is -2.24. The standard InChI is InChI=1S/C14H21N5O3/c1-8(2)22-13-17-11(15)10-12(18-13)19(14(16-10)20-3)9-6-4-5-7-21-9/h8-9H,4-7H2,1-3H3,(H2,15,17,18)/t9-/m0/s1. The average Bonchev–Trinajstić information content (AvgIpc) is 2.86. The van der Waals surface area contributed by atoms with Gasteiger partial charge in [0, 0.05) is 6.61 Å². The number of aromatic nitrogens is 4. The number of fused-ring (bicyclic) bond motifs is 1. The van der Waals surface area contributed by atoms with Crippen LogP contribution < -0.4 is 15.2 Å². The van der Waals surface area contributed by atoms with Crippen LogP contribution in [0.25, 0.3) is 11.2 Å². The van der Waals surface area contributed by atoms with Gasteiger partial charge in [0.1, 0.15) is 6.23 Å². The second kappa shape index (κ2) is 5.96. The molecule has 2 N–H and O–H groups in total. The first kappa shape index (κ1) is 14.8. The van der Waals surface area contributed by atoms with Crippen molar-refractivity contribution in [2.24, 2.45) is 0 Å². The molecule has 3 rings (SSSR count). The fourth-order valence-electron chi connectivity index (χ4n) is 2.55. The van der Waals surface area contributed by atoms with Crippen LogP contribution in [0.4, 0.5) is 5.82 Å². The van der Waals surface area contributed by atoms with Crippen LogP contribution in [0.15, 0.2) is 0 Å². The molecule has 0 aliphatic carbocycles. The topological polar surface area (TPSA) is 97.3 Å². The molecule has 8 nitrogen and oxygen atoms in total. The highest BCUT2D eigenvalue weighted by Gasteiger charge is 2.25. The number of ether oxygens (including phenoxy) is 3. The highest BCUT2D eigenvalue weighted by Crippen LogP contribution is 2.33. The third-order valence-electron chi connectivity index (χ3n) is 3.48. The van der Waals surface area contributed by atoms with Gasteiger partial charge >= 0.3 is 12.0 Å². The van der Waals surface area contributed by atoms with Crippen molar-refractivity contribution in [2.45, 2.75) is 45.4 Å². The molecule has 0 amide bonds. The monoisotopic (exact) mass is 307 g/mol. The Bertz CT molecular complexity index is 664. The summed E-state index contributed by atoms with van der Waals surface area (Å²) in [6.45, 7) is 4.53. The van der Waals surface area contributed by atoms with Gasteiger partial charge in [-0.3, -0.25) is 4.57 Å². The molecule has 0 aromatic carbocycles. The zero-order valence-corrected chi connectivity index (χ0v) is 13.1. The van der Waals surface area contributed by atoms with Crippen LogP contribution in [0.1, 0.15) is 39.3 Å². The van der Waals surface area contributed by atoms with Crippen molar-refractivity contribution in [3.8, 4) is 12.0 Å². The van der Waals surface area contributed by atoms with Gasteiger partial charge < -0.3 is 19.9 Å². The minimum atomic E-state index is -0.158. The van der Waals surface area contributed by atoms with Crippen molar-refractivity contribution >= 4 is 17.0 Å². The zero-order valence-electron chi connectivity index (χ0n) is 13.1. The maximum absolute atomic E-state index is 6.00. The van der Waals surface area contributed by atoms with Gasteiger partial charge in [-0.25, -0.2) is 0 Å². The van der Waals surface area contributed by atoms with Gasteiger partial charge in [0.15, 0.2) is 17.0 Å². The first-order chi connectivity index (χ1) is 10.6. The Hall–Kier alpha value is -2.09. The lowest BCUT2D eigenvalue weighted by molar-refractivity contribution is -0.0334. The molecule has 0 bridgehead atoms. The Balaban J connectivity index is 2.12. The Labute approximate surface area is 128 Å². The third-order valence-corrected chi connectivity index (χ3v) is 3.48. The Kier molecular flexibility index (Phi) is 4.02. The number of nitrogen functional groups attached to an aromatic ring is 1. The van der Waals surface area contributed by atoms with Crippen molar-refractivity contribution < 1.29 is 14.2 Å². The smallest absolute Gasteiger partial charge is 0.320 e. The molecule has 1 fully saturated rings. The number of hydrogen-bond donors (Lipinski definition) is 1. The highest BCUT2D eigenvalue weighted by molar-refractivity contribution is 5.83. The maximum atomic E-state index is 6.00. The highest BCUT2D eigenvalue weighted by atomic mass is 16.5. The van der Waals surface area contributed by atoms with Gasteiger partial charge in [-0.05, 0) is 33.1 Å². The first-order valence-electron chi connectivity index (χ1n) is 7.48. The molecule has 0 unspecified atom stereocenters. The maximum Gasteiger partial charge on any atom is 0.320 e. The van der Waals surface area contributed by atoms with Crippen molar-refractivity contribution in [3.05, 3.63) is 0 Å². The van der Waals surface area contributed by atoms with Crippen LogP contribution in [-0.4, -0.2) is 39.3 Å². The Morgan fingerprint density at radius 2 is 2.09 bits per heavy atom. The zero-order chi connectivity index (χ0) is 15.7. The Morgan fingerprint density at radius 1 is 1.27 bits per heavy atom. The van der Waals surface area contributed by atoms with Gasteiger partial charge in [0.05, 0.1) is 13.2 Å². The minimum Gasteiger partial charge on any atom is -0.468 e. The number of rotatable bonds is 4. The van der Waals surface area contributed by atoms with E-state index < -0.39 is 0 Å². The molecular weight excluding hydrogens is 286 g/mol. The number of nitrogens with two attached hydrogens (primary N) is 1. The summed E-state index contributed by atoms with van der Waals surface area (Å²) in [6.07, 6.45) is 2.83. The van der Waals surface area contributed by atoms with Crippen molar-refractivity contribution in [1.29, 1.82) is 0 Å². The van der Waals surface area contributed by atoms with E-state index in [0.29, 0.717) is 23.8 Å². The van der Waals surface area contributed by atoms with Crippen LogP contribution in [-0.2, 0) is 4.74 Å². The van der Waals surface area contributed by atoms with Crippen LogP contribution in [0.2, 0.25) is 0 Å². The largest absolute Gasteiger partial charge is 0.468 e. The Morgan fingerprint density at radius 3 is 2.73 bits per heavy atom. The predicted octanol–water partition coefficient (Wildman–Crippen LogP) is 1.90. The lowest BCUT2D eigenvalue weighted by Crippen LogP contribution is -2.19. The van der Waals surface area contributed by atoms with Gasteiger partial charge in [0.2, 0.25) is 0 Å². The second-order valence-corrected chi connectivity index (χ2v) is 5.52. The first-order valence-corrected chi connectivity index (χ1v) is 7.48. The molecule has 0 saturated carbocycles. The minimum absolute atomic E-state index is 0.0407. The quantitative estimate of drug-likeness (QED) is 0.921. The molecule has 0 radical (unpaired) electrons. The van der Waals surface area contributed by atoms with E-state index in [1.807, 2.05) is 18.4 Å². The molecule has 8 heteroatoms. The summed E-state index contributed by atoms with van der Waals surface area (Å²) in [6, 6.07) is 0.657. The van der Waals surface area contributed by atoms with E-state index in [1.54, 1.807) is 7.11 Å². The molecule has 1 aliphatic heterocycles. The summed E-state index contributed by atoms with van der Waals surface area (Å²) < 4.78 is 18.6. The number of anilines is 1. The average molecular weight is 307 g/mol. The van der Waals surface area contributed by atoms with E-state index in [4.69, 9.17) is 19.9 Å². The van der Waals surface area contributed by atoms with E-state index in [1.165, 1.54) is 0 Å². The molecule has 1 atom stereocenters. The molecular formula is C14H21N5O3. The van der Waals surface area contributed by atoms with E-state index in [2.05, 4.69) is 15.0 Å². The van der Waals surface area contributed by atoms with Crippen molar-refractivity contribution in [3.63, 3.8) is 0 Å². The van der Waals surface area contributed by atoms with Crippen molar-refractivity contribution in [2.75, 3.05) is 19.5 Å². The lowest BCUT2D eigenvalue weighted by atomic mass is 10.2. The summed E-state index contributed by atoms with van der Waals surface area (Å²) in [5.74, 6) is 0.272. The van der Waals surface area contributed by atoms with Gasteiger partial charge in [-0.1, -0.05) is 0 Å². The number of methoxy groups -OCH3 is 1. The molecule has 2 aromatic heterocycles. The molecule has 1 aliphatic rings. The van der Waals surface area contributed by atoms with E-state index in [-0.39, 0.29) is 24.2 Å². The van der Waals surface area contributed by atoms with Gasteiger partial charge in [0.25, 0.3) is 0 Å². The summed E-state index contributed by atoms with van der Waals surface area (Å²) >= 11 is 0. The third kappa shape index (κ3) is 2.66. The second-order valence-electron chi connectivity index (χ2n) is 5.52. The number of hydrogen-bond acceptors (Lipinski definition) is 7. The molecule has 120 valence electrons. The predicted molar refractivity (Wildman–Crippen MR) is 80.9 cm³/mol. The molecule has 22 heavy (non-hydrogen) atoms. The fourth-order valence-corrected chi connectivity index (χ4v) is 2.55. The number of imidazole rings is 1. The molecule has 3 heterocycles. The molecule has 0 spiro atoms. The van der Waals surface area contributed by atoms with Crippen LogP contribution in [0.3, 0.4) is 0 Å². The van der Waals surface area contributed by atoms with Crippen LogP contribution in [0.5, 0.6) is 12.0 Å². The van der Waals surface area contributed by atoms with E-state index in [9.17, 15) is 0 Å². The van der Waals surface area contributed by atoms with Gasteiger partial charge in [-0.2, -0.15) is 15.0 Å². The number of nitrogens with zero attached hydrogens (tertiary/aromatic N) is 4. The SMILES string of the molecule is COc1nc2c(N)nc(OC(C)C)nc2n1[C@@H]1CCCCO1. The van der Waals surface area contributed by atoms with Crippen molar-refractivity contribution in [1.82, 2.24) is 19.5 Å². The summed E-state index contributed by atoms with van der Waals surface area (Å²) in [7, 11) is 1.57. The van der Waals surface area contributed by atoms with Crippen LogP contribution in [0, 0.1) is 0 Å². The van der Waals surface area contributed by atoms with E-state index in [0.717, 1.165) is 19.3 Å². The van der Waals surface area contributed by atoms with E-state index >= 15 is 0 Å². The molecule has 1 saturated heterocycles. The molecule has 2 aromatic rings.